The summed E-state index contributed by atoms with van der Waals surface area (Å²) in [5, 5.41) is 0. The molecule has 2 heterocycles. The second kappa shape index (κ2) is 5.43. The van der Waals surface area contributed by atoms with E-state index in [0.29, 0.717) is 23.6 Å². The summed E-state index contributed by atoms with van der Waals surface area (Å²) in [5.41, 5.74) is 4.60. The first-order valence-electron chi connectivity index (χ1n) is 7.54. The largest absolute Gasteiger partial charge is 0.300 e. The summed E-state index contributed by atoms with van der Waals surface area (Å²) in [5.74, 6) is 6.14. The van der Waals surface area contributed by atoms with Gasteiger partial charge in [0.2, 0.25) is 0 Å². The molecule has 1 aromatic carbocycles. The van der Waals surface area contributed by atoms with Crippen LogP contribution < -0.4 is 11.3 Å². The van der Waals surface area contributed by atoms with Crippen molar-refractivity contribution in [3.63, 3.8) is 0 Å². The summed E-state index contributed by atoms with van der Waals surface area (Å²) < 4.78 is 13.8. The van der Waals surface area contributed by atoms with E-state index in [9.17, 15) is 4.39 Å². The lowest BCUT2D eigenvalue weighted by molar-refractivity contribution is 0.112. The number of nitrogens with zero attached hydrogens (tertiary/aromatic N) is 1. The van der Waals surface area contributed by atoms with Gasteiger partial charge in [-0.05, 0) is 62.8 Å². The van der Waals surface area contributed by atoms with Gasteiger partial charge in [-0.15, -0.1) is 0 Å². The van der Waals surface area contributed by atoms with E-state index in [1.807, 2.05) is 12.1 Å². The lowest BCUT2D eigenvalue weighted by atomic mass is 9.82. The van der Waals surface area contributed by atoms with Gasteiger partial charge in [-0.1, -0.05) is 12.1 Å². The molecule has 110 valence electrons. The molecule has 3 rings (SSSR count). The first-order valence-corrected chi connectivity index (χ1v) is 7.54. The van der Waals surface area contributed by atoms with Gasteiger partial charge in [0.05, 0.1) is 0 Å². The fraction of sp³-hybridized carbons (Fsp3) is 0.625. The van der Waals surface area contributed by atoms with Gasteiger partial charge in [0.25, 0.3) is 0 Å². The van der Waals surface area contributed by atoms with Gasteiger partial charge in [-0.25, -0.2) is 4.39 Å². The third-order valence-corrected chi connectivity index (χ3v) is 5.34. The summed E-state index contributed by atoms with van der Waals surface area (Å²) in [6, 6.07) is 6.89. The number of halogens is 1. The third kappa shape index (κ3) is 2.36. The summed E-state index contributed by atoms with van der Waals surface area (Å²) >= 11 is 0. The van der Waals surface area contributed by atoms with Crippen LogP contribution in [0.25, 0.3) is 0 Å². The molecule has 2 bridgehead atoms. The summed E-state index contributed by atoms with van der Waals surface area (Å²) in [4.78, 5) is 2.51. The van der Waals surface area contributed by atoms with Crippen molar-refractivity contribution in [1.82, 2.24) is 10.3 Å². The van der Waals surface area contributed by atoms with Crippen molar-refractivity contribution < 1.29 is 4.39 Å². The van der Waals surface area contributed by atoms with Gasteiger partial charge in [0.15, 0.2) is 0 Å². The number of piperidine rings is 1. The maximum Gasteiger partial charge on any atom is 0.126 e. The van der Waals surface area contributed by atoms with E-state index < -0.39 is 0 Å². The van der Waals surface area contributed by atoms with E-state index in [1.165, 1.54) is 12.8 Å². The quantitative estimate of drug-likeness (QED) is 0.659. The number of hydrazine groups is 1. The molecule has 3 unspecified atom stereocenters. The van der Waals surface area contributed by atoms with Crippen molar-refractivity contribution in [1.29, 1.82) is 0 Å². The highest BCUT2D eigenvalue weighted by atomic mass is 19.1. The Bertz CT molecular complexity index is 477. The Balaban J connectivity index is 1.81. The number of hydrogen-bond acceptors (Lipinski definition) is 3. The van der Waals surface area contributed by atoms with Gasteiger partial charge in [0.1, 0.15) is 5.82 Å². The molecule has 3 N–H and O–H groups in total. The van der Waals surface area contributed by atoms with Crippen LogP contribution in [0, 0.1) is 18.7 Å². The molecule has 0 aromatic heterocycles. The fourth-order valence-corrected chi connectivity index (χ4v) is 4.03. The summed E-state index contributed by atoms with van der Waals surface area (Å²) in [6.45, 7) is 1.79. The molecular formula is C16H24FN3. The minimum Gasteiger partial charge on any atom is -0.300 e. The van der Waals surface area contributed by atoms with Gasteiger partial charge in [-0.3, -0.25) is 11.3 Å². The topological polar surface area (TPSA) is 41.3 Å². The van der Waals surface area contributed by atoms with Crippen LogP contribution >= 0.6 is 0 Å². The molecule has 0 spiro atoms. The first kappa shape index (κ1) is 14.0. The minimum atomic E-state index is -0.140. The molecule has 3 nitrogen and oxygen atoms in total. The summed E-state index contributed by atoms with van der Waals surface area (Å²) in [7, 11) is 2.23. The highest BCUT2D eigenvalue weighted by molar-refractivity contribution is 5.26. The van der Waals surface area contributed by atoms with Crippen molar-refractivity contribution in [2.24, 2.45) is 11.8 Å². The predicted molar refractivity (Wildman–Crippen MR) is 78.5 cm³/mol. The molecule has 0 amide bonds. The van der Waals surface area contributed by atoms with Crippen LogP contribution in [0.3, 0.4) is 0 Å². The zero-order chi connectivity index (χ0) is 14.3. The lowest BCUT2D eigenvalue weighted by Gasteiger charge is -2.39. The molecule has 20 heavy (non-hydrogen) atoms. The number of nitrogens with two attached hydrogens (primary N) is 1. The number of aryl methyl sites for hydroxylation is 1. The van der Waals surface area contributed by atoms with E-state index in [-0.39, 0.29) is 11.9 Å². The smallest absolute Gasteiger partial charge is 0.126 e. The Morgan fingerprint density at radius 1 is 1.30 bits per heavy atom. The fourth-order valence-electron chi connectivity index (χ4n) is 4.03. The van der Waals surface area contributed by atoms with E-state index in [2.05, 4.69) is 17.4 Å². The Hall–Kier alpha value is -0.970. The minimum absolute atomic E-state index is 0.0573. The lowest BCUT2D eigenvalue weighted by Crippen LogP contribution is -2.45. The SMILES string of the molecule is Cc1ccc(C(NN)C2CC3CCC(C2)N3C)cc1F. The normalized spacial score (nSPS) is 31.5. The maximum absolute atomic E-state index is 13.8. The Labute approximate surface area is 120 Å². The van der Waals surface area contributed by atoms with Crippen molar-refractivity contribution >= 4 is 0 Å². The number of hydrogen-bond donors (Lipinski definition) is 2. The highest BCUT2D eigenvalue weighted by Gasteiger charge is 2.41. The van der Waals surface area contributed by atoms with Crippen molar-refractivity contribution in [2.75, 3.05) is 7.05 Å². The van der Waals surface area contributed by atoms with Crippen LogP contribution in [0.15, 0.2) is 18.2 Å². The standard InChI is InChI=1S/C16H24FN3/c1-10-3-4-11(9-15(10)17)16(19-18)12-7-13-5-6-14(8-12)20(13)2/h3-4,9,12-14,16,19H,5-8,18H2,1-2H3. The van der Waals surface area contributed by atoms with Crippen LogP contribution in [0.2, 0.25) is 0 Å². The van der Waals surface area contributed by atoms with Crippen LogP contribution in [0.1, 0.15) is 42.9 Å². The van der Waals surface area contributed by atoms with Crippen molar-refractivity contribution in [3.8, 4) is 0 Å². The molecular weight excluding hydrogens is 253 g/mol. The number of rotatable bonds is 3. The van der Waals surface area contributed by atoms with Crippen molar-refractivity contribution in [3.05, 3.63) is 35.1 Å². The molecule has 2 aliphatic rings. The zero-order valence-electron chi connectivity index (χ0n) is 12.3. The molecule has 0 radical (unpaired) electrons. The molecule has 1 aromatic rings. The molecule has 2 aliphatic heterocycles. The number of nitrogens with one attached hydrogen (secondary N) is 1. The number of benzene rings is 1. The van der Waals surface area contributed by atoms with E-state index in [1.54, 1.807) is 13.0 Å². The first-order chi connectivity index (χ1) is 9.60. The maximum atomic E-state index is 13.8. The zero-order valence-corrected chi connectivity index (χ0v) is 12.3. The van der Waals surface area contributed by atoms with Crippen LogP contribution in [0.5, 0.6) is 0 Å². The molecule has 4 heteroatoms. The van der Waals surface area contributed by atoms with Gasteiger partial charge in [0, 0.05) is 18.1 Å². The van der Waals surface area contributed by atoms with E-state index >= 15 is 0 Å². The second-order valence-corrected chi connectivity index (χ2v) is 6.43. The van der Waals surface area contributed by atoms with Crippen LogP contribution in [-0.4, -0.2) is 24.0 Å². The highest BCUT2D eigenvalue weighted by Crippen LogP contribution is 2.42. The average molecular weight is 277 g/mol. The van der Waals surface area contributed by atoms with Crippen molar-refractivity contribution in [2.45, 2.75) is 50.7 Å². The Morgan fingerprint density at radius 2 is 1.95 bits per heavy atom. The predicted octanol–water partition coefficient (Wildman–Crippen LogP) is 2.51. The van der Waals surface area contributed by atoms with Gasteiger partial charge < -0.3 is 4.90 Å². The Kier molecular flexibility index (Phi) is 3.80. The van der Waals surface area contributed by atoms with Gasteiger partial charge >= 0.3 is 0 Å². The van der Waals surface area contributed by atoms with E-state index in [4.69, 9.17) is 5.84 Å². The van der Waals surface area contributed by atoms with Crippen LogP contribution in [0.4, 0.5) is 4.39 Å². The molecule has 0 aliphatic carbocycles. The number of fused-ring (bicyclic) bond motifs is 2. The second-order valence-electron chi connectivity index (χ2n) is 6.43. The van der Waals surface area contributed by atoms with Crippen LogP contribution in [-0.2, 0) is 0 Å². The molecule has 2 saturated heterocycles. The molecule has 2 fully saturated rings. The van der Waals surface area contributed by atoms with Gasteiger partial charge in [-0.2, -0.15) is 0 Å². The monoisotopic (exact) mass is 277 g/mol. The van der Waals surface area contributed by atoms with E-state index in [0.717, 1.165) is 18.4 Å². The molecule has 3 atom stereocenters. The molecule has 0 saturated carbocycles. The third-order valence-electron chi connectivity index (χ3n) is 5.34. The average Bonchev–Trinajstić information content (AvgIpc) is 2.65. The summed E-state index contributed by atoms with van der Waals surface area (Å²) in [6.07, 6.45) is 4.88. The Morgan fingerprint density at radius 3 is 2.50 bits per heavy atom.